The zero-order valence-corrected chi connectivity index (χ0v) is 9.12. The average Bonchev–Trinajstić information content (AvgIpc) is 1.67. The molecule has 0 unspecified atom stereocenters. The van der Waals surface area contributed by atoms with E-state index in [0.717, 1.165) is 0 Å². The topological polar surface area (TPSA) is 46.2 Å². The number of nitrogens with one attached hydrogen (secondary N) is 1. The molecule has 0 rings (SSSR count). The fraction of sp³-hybridized carbons (Fsp3) is 1.00. The van der Waals surface area contributed by atoms with Crippen molar-refractivity contribution in [2.24, 2.45) is 0 Å². The summed E-state index contributed by atoms with van der Waals surface area (Å²) in [4.78, 5) is 0. The summed E-state index contributed by atoms with van der Waals surface area (Å²) in [7, 11) is -1.57. The molecule has 0 aliphatic rings. The van der Waals surface area contributed by atoms with Crippen molar-refractivity contribution in [3.63, 3.8) is 0 Å². The Balaban J connectivity index is 0. The van der Waals surface area contributed by atoms with Gasteiger partial charge in [0, 0.05) is 29.6 Å². The Bertz CT molecular complexity index is 152. The molecule has 0 aromatic carbocycles. The van der Waals surface area contributed by atoms with Gasteiger partial charge in [-0.25, -0.2) is 13.1 Å². The molecule has 0 aromatic rings. The Morgan fingerprint density at radius 1 is 1.33 bits per heavy atom. The van der Waals surface area contributed by atoms with Crippen LogP contribution in [-0.4, -0.2) is 50.3 Å². The molecule has 3 nitrogen and oxygen atoms in total. The predicted octanol–water partition coefficient (Wildman–Crippen LogP) is -0.437. The molecule has 9 heavy (non-hydrogen) atoms. The molecule has 51 valence electrons. The maximum absolute atomic E-state index is 10.6. The second-order valence-corrected chi connectivity index (χ2v) is 4.24. The van der Waals surface area contributed by atoms with Gasteiger partial charge in [-0.1, -0.05) is 0 Å². The zero-order valence-electron chi connectivity index (χ0n) is 6.30. The van der Waals surface area contributed by atoms with Crippen LogP contribution in [0.1, 0.15) is 13.8 Å². The maximum atomic E-state index is 10.6. The van der Waals surface area contributed by atoms with Crippen LogP contribution >= 0.6 is 0 Å². The Hall–Kier alpha value is 0.910. The summed E-state index contributed by atoms with van der Waals surface area (Å²) in [5.74, 6) is 0. The van der Waals surface area contributed by atoms with E-state index in [1.165, 1.54) is 7.05 Å². The molecule has 0 amide bonds. The zero-order chi connectivity index (χ0) is 6.78. The van der Waals surface area contributed by atoms with Gasteiger partial charge in [-0.15, -0.1) is 0 Å². The van der Waals surface area contributed by atoms with Crippen molar-refractivity contribution in [2.75, 3.05) is 7.05 Å². The van der Waals surface area contributed by atoms with E-state index in [9.17, 15) is 8.42 Å². The van der Waals surface area contributed by atoms with Crippen molar-refractivity contribution >= 4 is 39.6 Å². The second kappa shape index (κ2) is 4.68. The molecular formula is C4H11NNaO2S. The van der Waals surface area contributed by atoms with Crippen LogP contribution in [0.25, 0.3) is 0 Å². The van der Waals surface area contributed by atoms with E-state index in [4.69, 9.17) is 0 Å². The molecule has 0 heterocycles. The van der Waals surface area contributed by atoms with Crippen LogP contribution in [-0.2, 0) is 10.0 Å². The number of hydrogen-bond donors (Lipinski definition) is 1. The van der Waals surface area contributed by atoms with Crippen molar-refractivity contribution in [3.8, 4) is 0 Å². The fourth-order valence-corrected chi connectivity index (χ4v) is 0.707. The molecule has 1 radical (unpaired) electrons. The van der Waals surface area contributed by atoms with Gasteiger partial charge in [0.05, 0.1) is 5.25 Å². The standard InChI is InChI=1S/C4H11NO2S.Na/c1-4(2)8(6,7)5-3;/h4-5H,1-3H3;. The minimum atomic E-state index is -2.99. The van der Waals surface area contributed by atoms with Crippen molar-refractivity contribution in [3.05, 3.63) is 0 Å². The van der Waals surface area contributed by atoms with Crippen LogP contribution in [0.3, 0.4) is 0 Å². The first-order valence-electron chi connectivity index (χ1n) is 2.43. The van der Waals surface area contributed by atoms with Crippen LogP contribution in [0.15, 0.2) is 0 Å². The summed E-state index contributed by atoms with van der Waals surface area (Å²) < 4.78 is 23.4. The predicted molar refractivity (Wildman–Crippen MR) is 38.9 cm³/mol. The molecule has 5 heteroatoms. The van der Waals surface area contributed by atoms with Gasteiger partial charge in [-0.2, -0.15) is 0 Å². The van der Waals surface area contributed by atoms with Gasteiger partial charge >= 0.3 is 0 Å². The van der Waals surface area contributed by atoms with Crippen molar-refractivity contribution in [1.29, 1.82) is 0 Å². The quantitative estimate of drug-likeness (QED) is 0.557. The van der Waals surface area contributed by atoms with E-state index < -0.39 is 10.0 Å². The number of hydrogen-bond acceptors (Lipinski definition) is 2. The molecule has 0 bridgehead atoms. The van der Waals surface area contributed by atoms with Gasteiger partial charge in [0.1, 0.15) is 0 Å². The summed E-state index contributed by atoms with van der Waals surface area (Å²) >= 11 is 0. The third kappa shape index (κ3) is 4.33. The molecular weight excluding hydrogens is 149 g/mol. The van der Waals surface area contributed by atoms with Crippen LogP contribution in [0.2, 0.25) is 0 Å². The van der Waals surface area contributed by atoms with Gasteiger partial charge in [-0.05, 0) is 20.9 Å². The minimum Gasteiger partial charge on any atom is -0.218 e. The third-order valence-electron chi connectivity index (χ3n) is 0.905. The van der Waals surface area contributed by atoms with E-state index in [-0.39, 0.29) is 34.8 Å². The Morgan fingerprint density at radius 3 is 1.67 bits per heavy atom. The Labute approximate surface area is 78.6 Å². The largest absolute Gasteiger partial charge is 0.218 e. The van der Waals surface area contributed by atoms with E-state index >= 15 is 0 Å². The normalized spacial score (nSPS) is 11.1. The van der Waals surface area contributed by atoms with Gasteiger partial charge in [0.15, 0.2) is 0 Å². The SMILES string of the molecule is CNS(=O)(=O)C(C)C.[Na]. The van der Waals surface area contributed by atoms with Gasteiger partial charge in [-0.3, -0.25) is 0 Å². The van der Waals surface area contributed by atoms with Gasteiger partial charge < -0.3 is 0 Å². The van der Waals surface area contributed by atoms with Crippen LogP contribution in [0, 0.1) is 0 Å². The summed E-state index contributed by atoms with van der Waals surface area (Å²) in [5.41, 5.74) is 0. The Kier molecular flexibility index (Phi) is 6.54. The third-order valence-corrected chi connectivity index (χ3v) is 2.72. The summed E-state index contributed by atoms with van der Waals surface area (Å²) in [6, 6.07) is 0. The molecule has 0 saturated carbocycles. The fourth-order valence-electron chi connectivity index (χ4n) is 0.236. The van der Waals surface area contributed by atoms with Crippen molar-refractivity contribution in [1.82, 2.24) is 4.72 Å². The number of rotatable bonds is 2. The summed E-state index contributed by atoms with van der Waals surface area (Å²) in [6.45, 7) is 3.26. The van der Waals surface area contributed by atoms with E-state index in [2.05, 4.69) is 4.72 Å². The monoisotopic (exact) mass is 160 g/mol. The first-order valence-corrected chi connectivity index (χ1v) is 3.97. The Morgan fingerprint density at radius 2 is 1.67 bits per heavy atom. The average molecular weight is 160 g/mol. The molecule has 0 atom stereocenters. The molecule has 0 spiro atoms. The second-order valence-electron chi connectivity index (χ2n) is 1.80. The van der Waals surface area contributed by atoms with Crippen LogP contribution < -0.4 is 4.72 Å². The van der Waals surface area contributed by atoms with E-state index in [1.807, 2.05) is 0 Å². The van der Waals surface area contributed by atoms with E-state index in [0.29, 0.717) is 0 Å². The molecule has 0 aliphatic heterocycles. The van der Waals surface area contributed by atoms with Gasteiger partial charge in [0.2, 0.25) is 10.0 Å². The molecule has 0 fully saturated rings. The van der Waals surface area contributed by atoms with Crippen LogP contribution in [0.5, 0.6) is 0 Å². The molecule has 0 aromatic heterocycles. The van der Waals surface area contributed by atoms with Crippen LogP contribution in [0.4, 0.5) is 0 Å². The number of sulfonamides is 1. The first kappa shape index (κ1) is 12.6. The summed E-state index contributed by atoms with van der Waals surface area (Å²) in [5, 5.41) is -0.326. The molecule has 0 aliphatic carbocycles. The van der Waals surface area contributed by atoms with Crippen molar-refractivity contribution < 1.29 is 8.42 Å². The van der Waals surface area contributed by atoms with E-state index in [1.54, 1.807) is 13.8 Å². The molecule has 1 N–H and O–H groups in total. The minimum absolute atomic E-state index is 0. The summed E-state index contributed by atoms with van der Waals surface area (Å²) in [6.07, 6.45) is 0. The smallest absolute Gasteiger partial charge is 0.213 e. The first-order chi connectivity index (χ1) is 3.50. The molecule has 0 saturated heterocycles. The van der Waals surface area contributed by atoms with Crippen molar-refractivity contribution in [2.45, 2.75) is 19.1 Å². The van der Waals surface area contributed by atoms with Gasteiger partial charge in [0.25, 0.3) is 0 Å². The maximum Gasteiger partial charge on any atom is 0.213 e.